The number of carboxylic acid groups (broad SMARTS) is 1. The van der Waals surface area contributed by atoms with Gasteiger partial charge in [-0.2, -0.15) is 0 Å². The van der Waals surface area contributed by atoms with Gasteiger partial charge in [-0.05, 0) is 18.2 Å². The van der Waals surface area contributed by atoms with Crippen molar-refractivity contribution in [1.29, 1.82) is 0 Å². The Morgan fingerprint density at radius 1 is 1.33 bits per heavy atom. The molecule has 5 nitrogen and oxygen atoms in total. The molecule has 0 saturated heterocycles. The lowest BCUT2D eigenvalue weighted by Crippen LogP contribution is -2.04. The van der Waals surface area contributed by atoms with Crippen LogP contribution in [0, 0.1) is 0 Å². The summed E-state index contributed by atoms with van der Waals surface area (Å²) >= 11 is 0. The van der Waals surface area contributed by atoms with Crippen LogP contribution in [-0.2, 0) is 0 Å². The number of aromatic carboxylic acids is 1. The van der Waals surface area contributed by atoms with Crippen LogP contribution in [0.15, 0.2) is 41.3 Å². The van der Waals surface area contributed by atoms with Crippen molar-refractivity contribution in [1.82, 2.24) is 9.78 Å². The van der Waals surface area contributed by atoms with Crippen molar-refractivity contribution in [3.05, 3.63) is 52.4 Å². The van der Waals surface area contributed by atoms with Gasteiger partial charge in [0.05, 0.1) is 11.3 Å². The van der Waals surface area contributed by atoms with E-state index in [-0.39, 0.29) is 11.1 Å². The molecule has 0 atom stereocenters. The summed E-state index contributed by atoms with van der Waals surface area (Å²) in [6.45, 7) is 0. The van der Waals surface area contributed by atoms with Crippen LogP contribution in [-0.4, -0.2) is 20.9 Å². The highest BCUT2D eigenvalue weighted by Gasteiger charge is 2.04. The van der Waals surface area contributed by atoms with Crippen LogP contribution in [0.25, 0.3) is 5.69 Å². The molecule has 0 amide bonds. The Morgan fingerprint density at radius 2 is 2.13 bits per heavy atom. The van der Waals surface area contributed by atoms with Crippen molar-refractivity contribution in [2.24, 2.45) is 0 Å². The molecule has 15 heavy (non-hydrogen) atoms. The quantitative estimate of drug-likeness (QED) is 0.761. The van der Waals surface area contributed by atoms with Gasteiger partial charge in [0, 0.05) is 12.3 Å². The Hall–Kier alpha value is -2.30. The number of H-pyrrole nitrogens is 1. The van der Waals surface area contributed by atoms with Gasteiger partial charge in [-0.15, -0.1) is 0 Å². The number of aromatic amines is 1. The third kappa shape index (κ3) is 1.80. The molecule has 0 spiro atoms. The lowest BCUT2D eigenvalue weighted by molar-refractivity contribution is 0.0697. The molecule has 0 saturated carbocycles. The molecule has 1 aromatic heterocycles. The number of nitrogens with one attached hydrogen (secondary N) is 1. The first kappa shape index (κ1) is 9.26. The van der Waals surface area contributed by atoms with Crippen LogP contribution in [0.5, 0.6) is 0 Å². The zero-order valence-corrected chi connectivity index (χ0v) is 7.68. The van der Waals surface area contributed by atoms with Crippen LogP contribution in [0.2, 0.25) is 0 Å². The van der Waals surface area contributed by atoms with E-state index in [9.17, 15) is 9.59 Å². The zero-order chi connectivity index (χ0) is 10.8. The van der Waals surface area contributed by atoms with Crippen LogP contribution in [0.3, 0.4) is 0 Å². The minimum Gasteiger partial charge on any atom is -0.478 e. The van der Waals surface area contributed by atoms with Gasteiger partial charge in [-0.1, -0.05) is 6.07 Å². The van der Waals surface area contributed by atoms with E-state index in [0.29, 0.717) is 5.69 Å². The second kappa shape index (κ2) is 3.45. The fraction of sp³-hybridized carbons (Fsp3) is 0. The summed E-state index contributed by atoms with van der Waals surface area (Å²) in [5, 5.41) is 11.3. The number of nitrogens with zero attached hydrogens (tertiary/aromatic N) is 1. The molecule has 0 fully saturated rings. The van der Waals surface area contributed by atoms with Gasteiger partial charge in [0.1, 0.15) is 0 Å². The zero-order valence-electron chi connectivity index (χ0n) is 7.68. The number of carbonyl (C=O) groups is 1. The molecule has 0 aliphatic carbocycles. The average molecular weight is 204 g/mol. The molecule has 2 N–H and O–H groups in total. The summed E-state index contributed by atoms with van der Waals surface area (Å²) < 4.78 is 1.47. The molecular formula is C10H8N2O3. The predicted molar refractivity (Wildman–Crippen MR) is 53.3 cm³/mol. The number of hydrogen-bond donors (Lipinski definition) is 2. The van der Waals surface area contributed by atoms with Crippen molar-refractivity contribution in [2.75, 3.05) is 0 Å². The van der Waals surface area contributed by atoms with E-state index in [4.69, 9.17) is 5.11 Å². The van der Waals surface area contributed by atoms with Crippen molar-refractivity contribution < 1.29 is 9.90 Å². The molecular weight excluding hydrogens is 196 g/mol. The Kier molecular flexibility index (Phi) is 2.13. The molecule has 2 aromatic rings. The van der Waals surface area contributed by atoms with E-state index in [0.717, 1.165) is 0 Å². The summed E-state index contributed by atoms with van der Waals surface area (Å²) in [7, 11) is 0. The topological polar surface area (TPSA) is 75.1 Å². The molecule has 2 rings (SSSR count). The SMILES string of the molecule is O=C(O)c1cccc(-n2ccc(=O)[nH]2)c1. The minimum absolute atomic E-state index is 0.182. The van der Waals surface area contributed by atoms with E-state index in [1.165, 1.54) is 22.9 Å². The molecule has 1 heterocycles. The maximum Gasteiger partial charge on any atom is 0.335 e. The lowest BCUT2D eigenvalue weighted by atomic mass is 10.2. The number of benzene rings is 1. The van der Waals surface area contributed by atoms with Crippen molar-refractivity contribution >= 4 is 5.97 Å². The van der Waals surface area contributed by atoms with Gasteiger partial charge in [-0.25, -0.2) is 4.79 Å². The number of carboxylic acids is 1. The highest BCUT2D eigenvalue weighted by Crippen LogP contribution is 2.08. The Morgan fingerprint density at radius 3 is 2.73 bits per heavy atom. The fourth-order valence-electron chi connectivity index (χ4n) is 1.27. The summed E-state index contributed by atoms with van der Waals surface area (Å²) in [4.78, 5) is 21.6. The number of aromatic nitrogens is 2. The van der Waals surface area contributed by atoms with E-state index >= 15 is 0 Å². The lowest BCUT2D eigenvalue weighted by Gasteiger charge is -2.02. The first-order chi connectivity index (χ1) is 7.16. The normalized spacial score (nSPS) is 10.1. The van der Waals surface area contributed by atoms with Gasteiger partial charge in [0.25, 0.3) is 5.56 Å². The van der Waals surface area contributed by atoms with Crippen molar-refractivity contribution in [3.63, 3.8) is 0 Å². The van der Waals surface area contributed by atoms with Gasteiger partial charge in [-0.3, -0.25) is 14.6 Å². The summed E-state index contributed by atoms with van der Waals surface area (Å²) in [5.74, 6) is -0.994. The first-order valence-corrected chi connectivity index (χ1v) is 4.28. The van der Waals surface area contributed by atoms with Gasteiger partial charge < -0.3 is 5.11 Å². The Labute approximate surface area is 84.6 Å². The van der Waals surface area contributed by atoms with Gasteiger partial charge in [0.2, 0.25) is 0 Å². The Balaban J connectivity index is 2.49. The minimum atomic E-state index is -0.994. The third-order valence-electron chi connectivity index (χ3n) is 1.98. The van der Waals surface area contributed by atoms with Crippen molar-refractivity contribution in [3.8, 4) is 5.69 Å². The molecule has 0 bridgehead atoms. The van der Waals surface area contributed by atoms with Crippen LogP contribution >= 0.6 is 0 Å². The largest absolute Gasteiger partial charge is 0.478 e. The van der Waals surface area contributed by atoms with E-state index in [2.05, 4.69) is 5.10 Å². The monoisotopic (exact) mass is 204 g/mol. The van der Waals surface area contributed by atoms with E-state index in [1.807, 2.05) is 0 Å². The predicted octanol–water partition coefficient (Wildman–Crippen LogP) is 0.864. The molecule has 0 unspecified atom stereocenters. The molecule has 5 heteroatoms. The average Bonchev–Trinajstić information content (AvgIpc) is 2.65. The summed E-state index contributed by atoms with van der Waals surface area (Å²) in [5.41, 5.74) is 0.565. The standard InChI is InChI=1S/C10H8N2O3/c13-9-4-5-12(11-9)8-3-1-2-7(6-8)10(14)15/h1-6H,(H,11,13)(H,14,15). The van der Waals surface area contributed by atoms with E-state index in [1.54, 1.807) is 18.3 Å². The van der Waals surface area contributed by atoms with Crippen molar-refractivity contribution in [2.45, 2.75) is 0 Å². The maximum atomic E-state index is 10.9. The highest BCUT2D eigenvalue weighted by atomic mass is 16.4. The van der Waals surface area contributed by atoms with Crippen LogP contribution in [0.1, 0.15) is 10.4 Å². The second-order valence-corrected chi connectivity index (χ2v) is 3.02. The molecule has 76 valence electrons. The molecule has 0 aliphatic rings. The summed E-state index contributed by atoms with van der Waals surface area (Å²) in [6.07, 6.45) is 1.54. The highest BCUT2D eigenvalue weighted by molar-refractivity contribution is 5.88. The van der Waals surface area contributed by atoms with Gasteiger partial charge >= 0.3 is 5.97 Å². The van der Waals surface area contributed by atoms with E-state index < -0.39 is 5.97 Å². The first-order valence-electron chi connectivity index (χ1n) is 4.28. The summed E-state index contributed by atoms with van der Waals surface area (Å²) in [6, 6.07) is 7.68. The van der Waals surface area contributed by atoms with Gasteiger partial charge in [0.15, 0.2) is 0 Å². The fourth-order valence-corrected chi connectivity index (χ4v) is 1.27. The third-order valence-corrected chi connectivity index (χ3v) is 1.98. The smallest absolute Gasteiger partial charge is 0.335 e. The molecule has 0 radical (unpaired) electrons. The second-order valence-electron chi connectivity index (χ2n) is 3.02. The number of hydrogen-bond acceptors (Lipinski definition) is 2. The Bertz CT molecular complexity index is 554. The molecule has 1 aromatic carbocycles. The maximum absolute atomic E-state index is 10.9. The van der Waals surface area contributed by atoms with Crippen LogP contribution in [0.4, 0.5) is 0 Å². The van der Waals surface area contributed by atoms with Crippen LogP contribution < -0.4 is 5.56 Å². The molecule has 0 aliphatic heterocycles. The number of rotatable bonds is 2.